The minimum Gasteiger partial charge on any atom is -0.305 e. The van der Waals surface area contributed by atoms with Gasteiger partial charge in [-0.25, -0.2) is 9.97 Å². The molecular weight excluding hydrogens is 595 g/mol. The second kappa shape index (κ2) is 9.62. The standard InChI is InChI=1S/C46H29N3/c1-2-16-30(17-3-1)43-35-22-8-15-29-42(35)47-44(48-43)49-45(36-23-9-4-18-31(36)32-19-5-10-24-37(32)45)40-27-13-14-28-41(40)46(49)38-25-11-6-20-33(38)34-21-7-12-26-39(34)46/h1-29H. The van der Waals surface area contributed by atoms with Gasteiger partial charge in [0.25, 0.3) is 0 Å². The van der Waals surface area contributed by atoms with E-state index < -0.39 is 11.1 Å². The highest BCUT2D eigenvalue weighted by atomic mass is 15.4. The van der Waals surface area contributed by atoms with E-state index in [1.807, 2.05) is 0 Å². The van der Waals surface area contributed by atoms with Gasteiger partial charge in [-0.2, -0.15) is 0 Å². The highest BCUT2D eigenvalue weighted by Crippen LogP contribution is 2.69. The maximum Gasteiger partial charge on any atom is 0.229 e. The van der Waals surface area contributed by atoms with Crippen LogP contribution in [0.2, 0.25) is 0 Å². The molecule has 3 heteroatoms. The predicted octanol–water partition coefficient (Wildman–Crippen LogP) is 10.4. The second-order valence-electron chi connectivity index (χ2n) is 13.2. The van der Waals surface area contributed by atoms with Crippen molar-refractivity contribution in [3.8, 4) is 33.5 Å². The van der Waals surface area contributed by atoms with Crippen molar-refractivity contribution in [2.75, 3.05) is 4.90 Å². The highest BCUT2D eigenvalue weighted by molar-refractivity contribution is 5.97. The largest absolute Gasteiger partial charge is 0.305 e. The van der Waals surface area contributed by atoms with Gasteiger partial charge in [0.05, 0.1) is 11.2 Å². The number of fused-ring (bicyclic) bond motifs is 14. The zero-order valence-corrected chi connectivity index (χ0v) is 26.6. The van der Waals surface area contributed by atoms with Crippen LogP contribution in [0, 0.1) is 0 Å². The van der Waals surface area contributed by atoms with Crippen LogP contribution >= 0.6 is 0 Å². The molecule has 1 aliphatic heterocycles. The third kappa shape index (κ3) is 3.18. The first-order valence-corrected chi connectivity index (χ1v) is 16.9. The predicted molar refractivity (Wildman–Crippen MR) is 197 cm³/mol. The fourth-order valence-electron chi connectivity index (χ4n) is 9.37. The number of hydrogen-bond acceptors (Lipinski definition) is 3. The van der Waals surface area contributed by atoms with E-state index in [0.717, 1.165) is 22.2 Å². The van der Waals surface area contributed by atoms with E-state index in [4.69, 9.17) is 9.97 Å². The molecule has 2 spiro atoms. The molecule has 0 atom stereocenters. The molecule has 1 aromatic heterocycles. The first-order chi connectivity index (χ1) is 24.3. The van der Waals surface area contributed by atoms with Gasteiger partial charge in [-0.3, -0.25) is 0 Å². The summed E-state index contributed by atoms with van der Waals surface area (Å²) in [5, 5.41) is 1.04. The summed E-state index contributed by atoms with van der Waals surface area (Å²) in [5.41, 5.74) is 14.0. The molecule has 0 amide bonds. The lowest BCUT2D eigenvalue weighted by Crippen LogP contribution is -2.53. The molecule has 0 saturated heterocycles. The van der Waals surface area contributed by atoms with Gasteiger partial charge in [0, 0.05) is 10.9 Å². The number of anilines is 1. The minimum absolute atomic E-state index is 0.701. The quantitative estimate of drug-likeness (QED) is 0.192. The molecule has 7 aromatic carbocycles. The molecule has 11 rings (SSSR count). The lowest BCUT2D eigenvalue weighted by molar-refractivity contribution is 0.499. The fourth-order valence-corrected chi connectivity index (χ4v) is 9.37. The van der Waals surface area contributed by atoms with Crippen LogP contribution in [0.25, 0.3) is 44.4 Å². The van der Waals surface area contributed by atoms with Gasteiger partial charge in [0.15, 0.2) is 0 Å². The lowest BCUT2D eigenvalue weighted by Gasteiger charge is -2.47. The van der Waals surface area contributed by atoms with Gasteiger partial charge in [-0.05, 0) is 61.7 Å². The Labute approximate surface area is 284 Å². The summed E-state index contributed by atoms with van der Waals surface area (Å²) in [6, 6.07) is 63.9. The fraction of sp³-hybridized carbons (Fsp3) is 0.0435. The topological polar surface area (TPSA) is 29.0 Å². The summed E-state index contributed by atoms with van der Waals surface area (Å²) in [5.74, 6) is 0.701. The van der Waals surface area contributed by atoms with E-state index >= 15 is 0 Å². The molecule has 8 aromatic rings. The van der Waals surface area contributed by atoms with Gasteiger partial charge in [-0.1, -0.05) is 170 Å². The van der Waals surface area contributed by atoms with E-state index in [-0.39, 0.29) is 0 Å². The van der Waals surface area contributed by atoms with Crippen molar-refractivity contribution in [3.05, 3.63) is 209 Å². The molecular formula is C46H29N3. The third-order valence-electron chi connectivity index (χ3n) is 11.1. The van der Waals surface area contributed by atoms with Gasteiger partial charge < -0.3 is 4.90 Å². The monoisotopic (exact) mass is 623 g/mol. The smallest absolute Gasteiger partial charge is 0.229 e. The molecule has 0 fully saturated rings. The van der Waals surface area contributed by atoms with E-state index in [1.54, 1.807) is 0 Å². The molecule has 49 heavy (non-hydrogen) atoms. The average Bonchev–Trinajstić information content (AvgIpc) is 3.75. The molecule has 0 bridgehead atoms. The zero-order chi connectivity index (χ0) is 32.2. The van der Waals surface area contributed by atoms with Gasteiger partial charge in [0.1, 0.15) is 11.1 Å². The highest BCUT2D eigenvalue weighted by Gasteiger charge is 2.67. The number of aromatic nitrogens is 2. The molecule has 228 valence electrons. The first kappa shape index (κ1) is 26.7. The Kier molecular flexibility index (Phi) is 5.24. The third-order valence-corrected chi connectivity index (χ3v) is 11.1. The Morgan fingerprint density at radius 2 is 0.735 bits per heavy atom. The Morgan fingerprint density at radius 3 is 1.22 bits per heavy atom. The Morgan fingerprint density at radius 1 is 0.347 bits per heavy atom. The van der Waals surface area contributed by atoms with Crippen LogP contribution in [0.15, 0.2) is 176 Å². The molecule has 0 N–H and O–H groups in total. The number of rotatable bonds is 2. The summed E-state index contributed by atoms with van der Waals surface area (Å²) < 4.78 is 0. The molecule has 3 aliphatic rings. The van der Waals surface area contributed by atoms with Crippen molar-refractivity contribution in [2.45, 2.75) is 11.1 Å². The zero-order valence-electron chi connectivity index (χ0n) is 26.6. The van der Waals surface area contributed by atoms with E-state index in [9.17, 15) is 0 Å². The van der Waals surface area contributed by atoms with Crippen LogP contribution in [0.1, 0.15) is 33.4 Å². The van der Waals surface area contributed by atoms with Crippen LogP contribution < -0.4 is 4.90 Å². The summed E-state index contributed by atoms with van der Waals surface area (Å²) in [6.45, 7) is 0. The van der Waals surface area contributed by atoms with Crippen LogP contribution in [-0.4, -0.2) is 9.97 Å². The van der Waals surface area contributed by atoms with Crippen LogP contribution in [-0.2, 0) is 11.1 Å². The van der Waals surface area contributed by atoms with Gasteiger partial charge in [0.2, 0.25) is 5.95 Å². The Bertz CT molecular complexity index is 2430. The molecule has 2 aliphatic carbocycles. The summed E-state index contributed by atoms with van der Waals surface area (Å²) in [7, 11) is 0. The van der Waals surface area contributed by atoms with Crippen molar-refractivity contribution in [1.29, 1.82) is 0 Å². The van der Waals surface area contributed by atoms with Gasteiger partial charge in [-0.15, -0.1) is 0 Å². The first-order valence-electron chi connectivity index (χ1n) is 16.9. The molecule has 0 saturated carbocycles. The van der Waals surface area contributed by atoms with Crippen LogP contribution in [0.5, 0.6) is 0 Å². The van der Waals surface area contributed by atoms with E-state index in [1.165, 1.54) is 55.6 Å². The summed E-state index contributed by atoms with van der Waals surface area (Å²) >= 11 is 0. The van der Waals surface area contributed by atoms with Crippen molar-refractivity contribution in [2.24, 2.45) is 0 Å². The Hall–Kier alpha value is -6.32. The minimum atomic E-state index is -0.718. The maximum atomic E-state index is 5.68. The molecule has 0 radical (unpaired) electrons. The van der Waals surface area contributed by atoms with Crippen molar-refractivity contribution < 1.29 is 0 Å². The average molecular weight is 624 g/mol. The van der Waals surface area contributed by atoms with Crippen LogP contribution in [0.3, 0.4) is 0 Å². The SMILES string of the molecule is c1ccc(-c2nc(N3C4(c5ccccc5-c5ccccc54)c4ccccc4C34c3ccccc3-c3ccccc34)nc3ccccc23)cc1. The number of benzene rings is 7. The van der Waals surface area contributed by atoms with Crippen molar-refractivity contribution >= 4 is 16.9 Å². The lowest BCUT2D eigenvalue weighted by atomic mass is 9.79. The normalized spacial score (nSPS) is 15.2. The molecule has 2 heterocycles. The van der Waals surface area contributed by atoms with Crippen molar-refractivity contribution in [3.63, 3.8) is 0 Å². The number of para-hydroxylation sites is 1. The number of hydrogen-bond donors (Lipinski definition) is 0. The van der Waals surface area contributed by atoms with Crippen LogP contribution in [0.4, 0.5) is 5.95 Å². The van der Waals surface area contributed by atoms with Gasteiger partial charge >= 0.3 is 0 Å². The maximum absolute atomic E-state index is 5.68. The summed E-state index contributed by atoms with van der Waals surface area (Å²) in [6.07, 6.45) is 0. The summed E-state index contributed by atoms with van der Waals surface area (Å²) in [4.78, 5) is 13.9. The van der Waals surface area contributed by atoms with E-state index in [0.29, 0.717) is 5.95 Å². The molecule has 0 unspecified atom stereocenters. The van der Waals surface area contributed by atoms with E-state index in [2.05, 4.69) is 181 Å². The number of nitrogens with zero attached hydrogens (tertiary/aromatic N) is 3. The molecule has 3 nitrogen and oxygen atoms in total. The van der Waals surface area contributed by atoms with Crippen molar-refractivity contribution in [1.82, 2.24) is 9.97 Å². The second-order valence-corrected chi connectivity index (χ2v) is 13.2. The Balaban J connectivity index is 1.38.